The smallest absolute Gasteiger partial charge is 0.141 e. The molecule has 1 aromatic rings. The Labute approximate surface area is 129 Å². The van der Waals surface area contributed by atoms with Crippen LogP contribution in [0.5, 0.6) is 5.75 Å². The first-order chi connectivity index (χ1) is 10.3. The molecule has 1 unspecified atom stereocenters. The Kier molecular flexibility index (Phi) is 7.01. The second kappa shape index (κ2) is 9.04. The molecule has 0 aliphatic heterocycles. The van der Waals surface area contributed by atoms with E-state index in [0.29, 0.717) is 6.04 Å². The molecule has 0 aromatic carbocycles. The first kappa shape index (κ1) is 16.3. The van der Waals surface area contributed by atoms with E-state index in [9.17, 15) is 0 Å². The Hall–Kier alpha value is -1.09. The van der Waals surface area contributed by atoms with Crippen LogP contribution in [0.2, 0.25) is 0 Å². The van der Waals surface area contributed by atoms with E-state index < -0.39 is 0 Å². The average Bonchev–Trinajstić information content (AvgIpc) is 2.56. The minimum atomic E-state index is 0.322. The summed E-state index contributed by atoms with van der Waals surface area (Å²) in [5, 5.41) is 3.66. The first-order valence-corrected chi connectivity index (χ1v) is 8.57. The molecule has 3 heteroatoms. The molecular weight excluding hydrogens is 260 g/mol. The molecule has 3 nitrogen and oxygen atoms in total. The van der Waals surface area contributed by atoms with Crippen LogP contribution in [-0.4, -0.2) is 18.6 Å². The molecule has 0 spiro atoms. The molecular formula is C18H30N2O. The molecule has 0 radical (unpaired) electrons. The highest BCUT2D eigenvalue weighted by Crippen LogP contribution is 2.32. The van der Waals surface area contributed by atoms with Crippen LogP contribution >= 0.6 is 0 Å². The van der Waals surface area contributed by atoms with E-state index in [-0.39, 0.29) is 0 Å². The summed E-state index contributed by atoms with van der Waals surface area (Å²) < 4.78 is 5.50. The molecule has 1 aliphatic carbocycles. The Bertz CT molecular complexity index is 402. The largest absolute Gasteiger partial charge is 0.495 e. The summed E-state index contributed by atoms with van der Waals surface area (Å²) in [7, 11) is 1.73. The van der Waals surface area contributed by atoms with E-state index in [2.05, 4.69) is 17.2 Å². The van der Waals surface area contributed by atoms with Crippen molar-refractivity contribution in [2.24, 2.45) is 5.92 Å². The van der Waals surface area contributed by atoms with Gasteiger partial charge in [0.2, 0.25) is 0 Å². The fourth-order valence-electron chi connectivity index (χ4n) is 3.37. The van der Waals surface area contributed by atoms with Crippen LogP contribution in [0.25, 0.3) is 0 Å². The first-order valence-electron chi connectivity index (χ1n) is 8.57. The molecule has 21 heavy (non-hydrogen) atoms. The Morgan fingerprint density at radius 2 is 2.14 bits per heavy atom. The number of aromatic nitrogens is 1. The van der Waals surface area contributed by atoms with Crippen molar-refractivity contribution in [2.45, 2.75) is 64.3 Å². The number of rotatable bonds is 8. The van der Waals surface area contributed by atoms with Crippen LogP contribution in [0.1, 0.15) is 70.0 Å². The van der Waals surface area contributed by atoms with Crippen molar-refractivity contribution in [1.29, 1.82) is 0 Å². The van der Waals surface area contributed by atoms with Crippen LogP contribution in [0.15, 0.2) is 18.3 Å². The van der Waals surface area contributed by atoms with Crippen LogP contribution in [0, 0.1) is 5.92 Å². The lowest BCUT2D eigenvalue weighted by Gasteiger charge is -2.25. The van der Waals surface area contributed by atoms with Gasteiger partial charge in [-0.05, 0) is 43.9 Å². The highest BCUT2D eigenvalue weighted by molar-refractivity contribution is 5.29. The molecule has 1 aliphatic rings. The van der Waals surface area contributed by atoms with Gasteiger partial charge in [-0.1, -0.05) is 39.0 Å². The number of nitrogens with zero attached hydrogens (tertiary/aromatic N) is 1. The monoisotopic (exact) mass is 290 g/mol. The average molecular weight is 290 g/mol. The predicted molar refractivity (Wildman–Crippen MR) is 87.6 cm³/mol. The van der Waals surface area contributed by atoms with Gasteiger partial charge in [0.15, 0.2) is 0 Å². The van der Waals surface area contributed by atoms with Gasteiger partial charge in [0.05, 0.1) is 18.8 Å². The molecule has 1 saturated carbocycles. The van der Waals surface area contributed by atoms with Crippen molar-refractivity contribution in [3.05, 3.63) is 24.0 Å². The zero-order valence-electron chi connectivity index (χ0n) is 13.6. The van der Waals surface area contributed by atoms with Crippen molar-refractivity contribution in [2.75, 3.05) is 13.7 Å². The summed E-state index contributed by atoms with van der Waals surface area (Å²) >= 11 is 0. The minimum Gasteiger partial charge on any atom is -0.495 e. The molecule has 0 amide bonds. The van der Waals surface area contributed by atoms with Gasteiger partial charge in [0.1, 0.15) is 5.75 Å². The van der Waals surface area contributed by atoms with E-state index in [1.165, 1.54) is 38.5 Å². The molecule has 0 saturated heterocycles. The third-order valence-electron chi connectivity index (χ3n) is 4.58. The van der Waals surface area contributed by atoms with Crippen LogP contribution in [0.3, 0.4) is 0 Å². The summed E-state index contributed by atoms with van der Waals surface area (Å²) in [6.45, 7) is 3.25. The number of nitrogens with one attached hydrogen (secondary N) is 1. The molecule has 118 valence electrons. The fraction of sp³-hybridized carbons (Fsp3) is 0.722. The lowest BCUT2D eigenvalue weighted by Crippen LogP contribution is -2.24. The number of ether oxygens (including phenoxy) is 1. The third-order valence-corrected chi connectivity index (χ3v) is 4.58. The molecule has 1 fully saturated rings. The second-order valence-corrected chi connectivity index (χ2v) is 6.18. The maximum absolute atomic E-state index is 5.50. The van der Waals surface area contributed by atoms with Gasteiger partial charge in [0.25, 0.3) is 0 Å². The van der Waals surface area contributed by atoms with Crippen molar-refractivity contribution < 1.29 is 4.74 Å². The van der Waals surface area contributed by atoms with Gasteiger partial charge in [-0.15, -0.1) is 0 Å². The summed E-state index contributed by atoms with van der Waals surface area (Å²) in [5.41, 5.74) is 1.07. The highest BCUT2D eigenvalue weighted by atomic mass is 16.5. The standard InChI is InChI=1S/C18H30N2O/c1-3-13-19-16(12-11-15-8-5-4-6-9-15)18-17(21-2)10-7-14-20-18/h7,10,14-16,19H,3-6,8-9,11-13H2,1-2H3. The van der Waals surface area contributed by atoms with E-state index in [4.69, 9.17) is 4.74 Å². The third kappa shape index (κ3) is 4.99. The van der Waals surface area contributed by atoms with Gasteiger partial charge in [-0.3, -0.25) is 4.98 Å². The van der Waals surface area contributed by atoms with Gasteiger partial charge < -0.3 is 10.1 Å². The van der Waals surface area contributed by atoms with E-state index in [0.717, 1.165) is 36.7 Å². The zero-order valence-corrected chi connectivity index (χ0v) is 13.6. The normalized spacial score (nSPS) is 17.6. The number of hydrogen-bond donors (Lipinski definition) is 1. The van der Waals surface area contributed by atoms with Crippen molar-refractivity contribution in [3.63, 3.8) is 0 Å². The quantitative estimate of drug-likeness (QED) is 0.766. The maximum Gasteiger partial charge on any atom is 0.141 e. The Morgan fingerprint density at radius 3 is 2.86 bits per heavy atom. The van der Waals surface area contributed by atoms with E-state index in [1.807, 2.05) is 18.3 Å². The highest BCUT2D eigenvalue weighted by Gasteiger charge is 2.20. The lowest BCUT2D eigenvalue weighted by atomic mass is 9.85. The number of pyridine rings is 1. The SMILES string of the molecule is CCCNC(CCC1CCCCC1)c1ncccc1OC. The summed E-state index contributed by atoms with van der Waals surface area (Å²) in [6, 6.07) is 4.28. The van der Waals surface area contributed by atoms with Gasteiger partial charge in [-0.2, -0.15) is 0 Å². The molecule has 2 rings (SSSR count). The summed E-state index contributed by atoms with van der Waals surface area (Å²) in [4.78, 5) is 4.58. The Balaban J connectivity index is 1.99. The van der Waals surface area contributed by atoms with Crippen LogP contribution in [0.4, 0.5) is 0 Å². The van der Waals surface area contributed by atoms with Gasteiger partial charge in [-0.25, -0.2) is 0 Å². The van der Waals surface area contributed by atoms with Crippen LogP contribution in [-0.2, 0) is 0 Å². The molecule has 1 heterocycles. The van der Waals surface area contributed by atoms with Crippen molar-refractivity contribution in [3.8, 4) is 5.75 Å². The van der Waals surface area contributed by atoms with Crippen molar-refractivity contribution in [1.82, 2.24) is 10.3 Å². The van der Waals surface area contributed by atoms with Gasteiger partial charge >= 0.3 is 0 Å². The van der Waals surface area contributed by atoms with E-state index in [1.54, 1.807) is 7.11 Å². The maximum atomic E-state index is 5.50. The van der Waals surface area contributed by atoms with E-state index >= 15 is 0 Å². The second-order valence-electron chi connectivity index (χ2n) is 6.18. The molecule has 1 aromatic heterocycles. The minimum absolute atomic E-state index is 0.322. The lowest BCUT2D eigenvalue weighted by molar-refractivity contribution is 0.309. The fourth-order valence-corrected chi connectivity index (χ4v) is 3.37. The topological polar surface area (TPSA) is 34.2 Å². The zero-order chi connectivity index (χ0) is 14.9. The number of hydrogen-bond acceptors (Lipinski definition) is 3. The summed E-state index contributed by atoms with van der Waals surface area (Å²) in [6.07, 6.45) is 12.6. The van der Waals surface area contributed by atoms with Gasteiger partial charge in [0, 0.05) is 6.20 Å². The summed E-state index contributed by atoms with van der Waals surface area (Å²) in [5.74, 6) is 1.83. The molecule has 0 bridgehead atoms. The predicted octanol–water partition coefficient (Wildman–Crippen LogP) is 4.49. The van der Waals surface area contributed by atoms with Crippen LogP contribution < -0.4 is 10.1 Å². The molecule has 1 N–H and O–H groups in total. The van der Waals surface area contributed by atoms with Crippen molar-refractivity contribution >= 4 is 0 Å². The Morgan fingerprint density at radius 1 is 1.33 bits per heavy atom. The molecule has 1 atom stereocenters. The number of methoxy groups -OCH3 is 1.